The summed E-state index contributed by atoms with van der Waals surface area (Å²) in [6.07, 6.45) is 1.44. The highest BCUT2D eigenvalue weighted by Gasteiger charge is 2.13. The van der Waals surface area contributed by atoms with Gasteiger partial charge in [-0.3, -0.25) is 14.9 Å². The number of hydrazone groups is 1. The van der Waals surface area contributed by atoms with Crippen molar-refractivity contribution in [1.29, 1.82) is 0 Å². The molecular formula is C23H14Br2ClN3O5. The van der Waals surface area contributed by atoms with Crippen LogP contribution in [0.2, 0.25) is 5.02 Å². The Kier molecular flexibility index (Phi) is 7.30. The van der Waals surface area contributed by atoms with Gasteiger partial charge in [-0.05, 0) is 75.6 Å². The molecule has 0 fully saturated rings. The van der Waals surface area contributed by atoms with Gasteiger partial charge in [0.05, 0.1) is 20.6 Å². The molecule has 0 saturated heterocycles. The Bertz CT molecular complexity index is 1400. The number of nitro groups is 1. The number of nitrogens with zero attached hydrogens (tertiary/aromatic N) is 2. The Hall–Kier alpha value is -3.21. The third kappa shape index (κ3) is 5.64. The van der Waals surface area contributed by atoms with Crippen LogP contribution in [-0.4, -0.2) is 17.0 Å². The lowest BCUT2D eigenvalue weighted by Gasteiger charge is -2.11. The van der Waals surface area contributed by atoms with Gasteiger partial charge in [-0.1, -0.05) is 27.5 Å². The van der Waals surface area contributed by atoms with E-state index in [-0.39, 0.29) is 18.1 Å². The van der Waals surface area contributed by atoms with Gasteiger partial charge in [-0.2, -0.15) is 5.10 Å². The Balaban J connectivity index is 1.39. The predicted molar refractivity (Wildman–Crippen MR) is 136 cm³/mol. The molecule has 0 radical (unpaired) electrons. The van der Waals surface area contributed by atoms with Gasteiger partial charge in [0, 0.05) is 22.0 Å². The molecule has 172 valence electrons. The third-order valence-electron chi connectivity index (χ3n) is 4.63. The predicted octanol–water partition coefficient (Wildman–Crippen LogP) is 6.86. The maximum atomic E-state index is 12.3. The van der Waals surface area contributed by atoms with Crippen molar-refractivity contribution in [3.05, 3.63) is 102 Å². The van der Waals surface area contributed by atoms with Crippen LogP contribution in [-0.2, 0) is 6.61 Å². The number of nitro benzene ring substituents is 1. The number of rotatable bonds is 7. The van der Waals surface area contributed by atoms with Gasteiger partial charge in [0.2, 0.25) is 0 Å². The minimum absolute atomic E-state index is 0.00656. The van der Waals surface area contributed by atoms with Gasteiger partial charge in [-0.15, -0.1) is 0 Å². The second-order valence-corrected chi connectivity index (χ2v) is 9.20. The molecular weight excluding hydrogens is 594 g/mol. The molecule has 0 unspecified atom stereocenters. The minimum atomic E-state index is -0.489. The van der Waals surface area contributed by atoms with E-state index in [0.29, 0.717) is 26.4 Å². The molecule has 3 aromatic carbocycles. The van der Waals surface area contributed by atoms with Crippen molar-refractivity contribution in [2.75, 3.05) is 0 Å². The van der Waals surface area contributed by atoms with Crippen LogP contribution in [0.1, 0.15) is 21.7 Å². The largest absolute Gasteiger partial charge is 0.486 e. The highest BCUT2D eigenvalue weighted by molar-refractivity contribution is 9.10. The first-order valence-corrected chi connectivity index (χ1v) is 11.6. The summed E-state index contributed by atoms with van der Waals surface area (Å²) in [5.74, 6) is 0.0610. The molecule has 1 aromatic heterocycles. The van der Waals surface area contributed by atoms with E-state index < -0.39 is 10.8 Å². The van der Waals surface area contributed by atoms with Gasteiger partial charge in [0.15, 0.2) is 11.5 Å². The first-order chi connectivity index (χ1) is 16.3. The normalized spacial score (nSPS) is 11.1. The van der Waals surface area contributed by atoms with Crippen LogP contribution >= 0.6 is 43.5 Å². The zero-order valence-electron chi connectivity index (χ0n) is 17.1. The lowest BCUT2D eigenvalue weighted by molar-refractivity contribution is -0.384. The van der Waals surface area contributed by atoms with E-state index >= 15 is 0 Å². The molecule has 0 spiro atoms. The van der Waals surface area contributed by atoms with Crippen LogP contribution in [0, 0.1) is 10.1 Å². The fourth-order valence-electron chi connectivity index (χ4n) is 3.01. The second-order valence-electron chi connectivity index (χ2n) is 7.02. The standard InChI is InChI=1S/C23H14Br2ClN3O5/c24-16-3-6-20-15(9-16)10-21(34-20)23(30)28-27-11-14-7-18(25)22(19(26)8-14)33-12-13-1-4-17(5-2-13)29(31)32/h1-11H,12H2,(H,28,30)/b27-11+. The Morgan fingerprint density at radius 1 is 1.15 bits per heavy atom. The number of halogens is 3. The van der Waals surface area contributed by atoms with Gasteiger partial charge in [0.1, 0.15) is 12.2 Å². The highest BCUT2D eigenvalue weighted by atomic mass is 79.9. The number of fused-ring (bicyclic) bond motifs is 1. The van der Waals surface area contributed by atoms with E-state index in [1.54, 1.807) is 36.4 Å². The van der Waals surface area contributed by atoms with Crippen LogP contribution in [0.4, 0.5) is 5.69 Å². The van der Waals surface area contributed by atoms with Crippen molar-refractivity contribution in [2.45, 2.75) is 6.61 Å². The number of nitrogens with one attached hydrogen (secondary N) is 1. The molecule has 0 aliphatic carbocycles. The van der Waals surface area contributed by atoms with Crippen molar-refractivity contribution in [3.63, 3.8) is 0 Å². The van der Waals surface area contributed by atoms with E-state index in [4.69, 9.17) is 20.8 Å². The monoisotopic (exact) mass is 605 g/mol. The van der Waals surface area contributed by atoms with Gasteiger partial charge in [0.25, 0.3) is 5.69 Å². The van der Waals surface area contributed by atoms with Gasteiger partial charge >= 0.3 is 5.91 Å². The molecule has 1 N–H and O–H groups in total. The van der Waals surface area contributed by atoms with E-state index in [1.165, 1.54) is 18.3 Å². The number of hydrogen-bond donors (Lipinski definition) is 1. The number of ether oxygens (including phenoxy) is 1. The smallest absolute Gasteiger partial charge is 0.307 e. The van der Waals surface area contributed by atoms with E-state index in [2.05, 4.69) is 42.4 Å². The average molecular weight is 608 g/mol. The summed E-state index contributed by atoms with van der Waals surface area (Å²) in [5, 5.41) is 15.8. The molecule has 1 heterocycles. The number of hydrogen-bond acceptors (Lipinski definition) is 6. The summed E-state index contributed by atoms with van der Waals surface area (Å²) in [5.41, 5.74) is 4.39. The molecule has 0 bridgehead atoms. The van der Waals surface area contributed by atoms with Gasteiger partial charge < -0.3 is 9.15 Å². The summed E-state index contributed by atoms with van der Waals surface area (Å²) < 4.78 is 12.8. The zero-order valence-corrected chi connectivity index (χ0v) is 21.1. The molecule has 0 atom stereocenters. The molecule has 0 aliphatic rings. The molecule has 4 rings (SSSR count). The lowest BCUT2D eigenvalue weighted by Crippen LogP contribution is -2.16. The maximum Gasteiger partial charge on any atom is 0.307 e. The number of benzene rings is 3. The molecule has 11 heteroatoms. The SMILES string of the molecule is O=C(N/N=C/c1cc(Cl)c(OCc2ccc([N+](=O)[O-])cc2)c(Br)c1)c1cc2cc(Br)ccc2o1. The van der Waals surface area contributed by atoms with Crippen LogP contribution in [0.15, 0.2) is 79.1 Å². The van der Waals surface area contributed by atoms with Crippen molar-refractivity contribution < 1.29 is 18.9 Å². The Morgan fingerprint density at radius 3 is 2.62 bits per heavy atom. The first kappa shape index (κ1) is 23.9. The summed E-state index contributed by atoms with van der Waals surface area (Å²) >= 11 is 13.1. The van der Waals surface area contributed by atoms with E-state index in [9.17, 15) is 14.9 Å². The molecule has 1 amide bonds. The lowest BCUT2D eigenvalue weighted by atomic mass is 10.2. The van der Waals surface area contributed by atoms with E-state index in [0.717, 1.165) is 15.4 Å². The summed E-state index contributed by atoms with van der Waals surface area (Å²) in [6.45, 7) is 0.174. The van der Waals surface area contributed by atoms with Crippen molar-refractivity contribution in [3.8, 4) is 5.75 Å². The molecule has 34 heavy (non-hydrogen) atoms. The van der Waals surface area contributed by atoms with E-state index in [1.807, 2.05) is 12.1 Å². The second kappa shape index (κ2) is 10.4. The quantitative estimate of drug-likeness (QED) is 0.140. The van der Waals surface area contributed by atoms with Crippen LogP contribution < -0.4 is 10.2 Å². The Labute approximate surface area is 214 Å². The van der Waals surface area contributed by atoms with Crippen molar-refractivity contribution >= 4 is 72.2 Å². The third-order valence-corrected chi connectivity index (χ3v) is 6.00. The Morgan fingerprint density at radius 2 is 1.91 bits per heavy atom. The van der Waals surface area contributed by atoms with Crippen molar-refractivity contribution in [2.24, 2.45) is 5.10 Å². The van der Waals surface area contributed by atoms with Crippen LogP contribution in [0.25, 0.3) is 11.0 Å². The van der Waals surface area contributed by atoms with Crippen molar-refractivity contribution in [1.82, 2.24) is 5.43 Å². The average Bonchev–Trinajstić information content (AvgIpc) is 3.22. The maximum absolute atomic E-state index is 12.3. The van der Waals surface area contributed by atoms with Crippen LogP contribution in [0.3, 0.4) is 0 Å². The number of furan rings is 1. The number of amides is 1. The van der Waals surface area contributed by atoms with Crippen LogP contribution in [0.5, 0.6) is 5.75 Å². The summed E-state index contributed by atoms with van der Waals surface area (Å²) in [7, 11) is 0. The molecule has 4 aromatic rings. The molecule has 0 aliphatic heterocycles. The number of carbonyl (C=O) groups is 1. The highest BCUT2D eigenvalue weighted by Crippen LogP contribution is 2.35. The number of carbonyl (C=O) groups excluding carboxylic acids is 1. The fraction of sp³-hybridized carbons (Fsp3) is 0.0435. The van der Waals surface area contributed by atoms with Gasteiger partial charge in [-0.25, -0.2) is 5.43 Å². The zero-order chi connectivity index (χ0) is 24.2. The summed E-state index contributed by atoms with van der Waals surface area (Å²) in [4.78, 5) is 22.6. The topological polar surface area (TPSA) is 107 Å². The fourth-order valence-corrected chi connectivity index (χ4v) is 4.38. The first-order valence-electron chi connectivity index (χ1n) is 9.68. The summed E-state index contributed by atoms with van der Waals surface area (Å²) in [6, 6.07) is 16.5. The number of non-ortho nitro benzene ring substituents is 1. The molecule has 0 saturated carbocycles. The minimum Gasteiger partial charge on any atom is -0.486 e. The molecule has 8 nitrogen and oxygen atoms in total.